The second-order valence-corrected chi connectivity index (χ2v) is 6.53. The van der Waals surface area contributed by atoms with E-state index in [1.54, 1.807) is 12.1 Å². The minimum atomic E-state index is -0.969. The number of alkyl halides is 1. The summed E-state index contributed by atoms with van der Waals surface area (Å²) in [5, 5.41) is 19.5. The van der Waals surface area contributed by atoms with E-state index >= 15 is 0 Å². The molecule has 1 atom stereocenters. The zero-order chi connectivity index (χ0) is 16.8. The topological polar surface area (TPSA) is 83.7 Å². The van der Waals surface area contributed by atoms with Gasteiger partial charge in [0.25, 0.3) is 5.69 Å². The third-order valence-corrected chi connectivity index (χ3v) is 4.71. The smallest absolute Gasteiger partial charge is 0.407 e. The van der Waals surface area contributed by atoms with E-state index in [2.05, 4.69) is 0 Å². The summed E-state index contributed by atoms with van der Waals surface area (Å²) >= 11 is 6.32. The minimum absolute atomic E-state index is 0.00471. The Bertz CT molecular complexity index is 544. The number of hydrogen-bond donors (Lipinski definition) is 1. The summed E-state index contributed by atoms with van der Waals surface area (Å²) in [6.07, 6.45) is 4.70. The molecule has 7 heteroatoms. The van der Waals surface area contributed by atoms with Crippen molar-refractivity contribution in [3.8, 4) is 0 Å². The molecule has 1 amide bonds. The lowest BCUT2D eigenvalue weighted by Crippen LogP contribution is -2.37. The van der Waals surface area contributed by atoms with Crippen LogP contribution in [0.5, 0.6) is 0 Å². The van der Waals surface area contributed by atoms with E-state index in [1.807, 2.05) is 0 Å². The first kappa shape index (κ1) is 17.5. The molecule has 1 saturated carbocycles. The number of carboxylic acid groups (broad SMARTS) is 1. The van der Waals surface area contributed by atoms with Crippen molar-refractivity contribution in [3.05, 3.63) is 39.9 Å². The van der Waals surface area contributed by atoms with Crippen LogP contribution in [-0.2, 0) is 0 Å². The normalized spacial score (nSPS) is 16.7. The van der Waals surface area contributed by atoms with Gasteiger partial charge in [-0.15, -0.1) is 11.6 Å². The summed E-state index contributed by atoms with van der Waals surface area (Å²) in [7, 11) is 0. The van der Waals surface area contributed by atoms with Crippen LogP contribution in [0.2, 0.25) is 0 Å². The molecule has 0 aromatic heterocycles. The van der Waals surface area contributed by atoms with E-state index in [9.17, 15) is 20.0 Å². The van der Waals surface area contributed by atoms with Gasteiger partial charge in [-0.25, -0.2) is 4.79 Å². The number of amides is 1. The zero-order valence-electron chi connectivity index (χ0n) is 12.9. The molecule has 1 aliphatic rings. The molecule has 0 bridgehead atoms. The summed E-state index contributed by atoms with van der Waals surface area (Å²) in [5.74, 6) is 0.403. The molecule has 126 valence electrons. The number of non-ortho nitro benzene ring substituents is 1. The molecule has 1 fully saturated rings. The number of rotatable bonds is 6. The lowest BCUT2D eigenvalue weighted by atomic mass is 9.89. The average Bonchev–Trinajstić information content (AvgIpc) is 2.55. The van der Waals surface area contributed by atoms with Gasteiger partial charge in [-0.2, -0.15) is 0 Å². The molecule has 1 aromatic carbocycles. The SMILES string of the molecule is O=C(O)N(CC1CCCCC1)CC(Cl)c1ccc([N+](=O)[O-])cc1. The molecule has 0 spiro atoms. The van der Waals surface area contributed by atoms with Crippen LogP contribution in [0, 0.1) is 16.0 Å². The summed E-state index contributed by atoms with van der Waals surface area (Å²) in [4.78, 5) is 23.0. The highest BCUT2D eigenvalue weighted by atomic mass is 35.5. The Balaban J connectivity index is 1.97. The van der Waals surface area contributed by atoms with Crippen molar-refractivity contribution in [1.29, 1.82) is 0 Å². The second-order valence-electron chi connectivity index (χ2n) is 6.01. The Morgan fingerprint density at radius 3 is 2.43 bits per heavy atom. The van der Waals surface area contributed by atoms with E-state index < -0.39 is 16.4 Å². The van der Waals surface area contributed by atoms with Gasteiger partial charge < -0.3 is 10.0 Å². The Kier molecular flexibility index (Phi) is 6.21. The van der Waals surface area contributed by atoms with E-state index in [4.69, 9.17) is 11.6 Å². The van der Waals surface area contributed by atoms with Crippen LogP contribution in [0.4, 0.5) is 10.5 Å². The predicted octanol–water partition coefficient (Wildman–Crippen LogP) is 4.44. The number of benzene rings is 1. The highest BCUT2D eigenvalue weighted by Gasteiger charge is 2.23. The number of nitro benzene ring substituents is 1. The predicted molar refractivity (Wildman–Crippen MR) is 87.9 cm³/mol. The molecule has 0 radical (unpaired) electrons. The maximum atomic E-state index is 11.5. The monoisotopic (exact) mass is 340 g/mol. The van der Waals surface area contributed by atoms with Crippen molar-refractivity contribution in [3.63, 3.8) is 0 Å². The van der Waals surface area contributed by atoms with Crippen molar-refractivity contribution in [2.24, 2.45) is 5.92 Å². The van der Waals surface area contributed by atoms with Crippen LogP contribution in [0.25, 0.3) is 0 Å². The van der Waals surface area contributed by atoms with Crippen molar-refractivity contribution < 1.29 is 14.8 Å². The zero-order valence-corrected chi connectivity index (χ0v) is 13.6. The fraction of sp³-hybridized carbons (Fsp3) is 0.562. The van der Waals surface area contributed by atoms with Gasteiger partial charge in [0.2, 0.25) is 0 Å². The molecule has 1 unspecified atom stereocenters. The van der Waals surface area contributed by atoms with E-state index in [0.29, 0.717) is 18.0 Å². The quantitative estimate of drug-likeness (QED) is 0.471. The van der Waals surface area contributed by atoms with Crippen molar-refractivity contribution >= 4 is 23.4 Å². The molecule has 0 aliphatic heterocycles. The number of halogens is 1. The molecule has 6 nitrogen and oxygen atoms in total. The van der Waals surface area contributed by atoms with Crippen molar-refractivity contribution in [2.45, 2.75) is 37.5 Å². The fourth-order valence-corrected chi connectivity index (χ4v) is 3.33. The Labute approximate surface area is 140 Å². The van der Waals surface area contributed by atoms with Gasteiger partial charge in [0, 0.05) is 25.2 Å². The standard InChI is InChI=1S/C16H21ClN2O4/c17-15(13-6-8-14(9-7-13)19(22)23)11-18(16(20)21)10-12-4-2-1-3-5-12/h6-9,12,15H,1-5,10-11H2,(H,20,21). The van der Waals surface area contributed by atoms with E-state index in [0.717, 1.165) is 25.7 Å². The summed E-state index contributed by atoms with van der Waals surface area (Å²) in [6.45, 7) is 0.691. The van der Waals surface area contributed by atoms with E-state index in [1.165, 1.54) is 23.5 Å². The minimum Gasteiger partial charge on any atom is -0.465 e. The first-order valence-electron chi connectivity index (χ1n) is 7.83. The van der Waals surface area contributed by atoms with Gasteiger partial charge >= 0.3 is 6.09 Å². The largest absolute Gasteiger partial charge is 0.465 e. The van der Waals surface area contributed by atoms with Crippen LogP contribution in [0.3, 0.4) is 0 Å². The fourth-order valence-electron chi connectivity index (χ4n) is 3.02. The Morgan fingerprint density at radius 2 is 1.91 bits per heavy atom. The van der Waals surface area contributed by atoms with E-state index in [-0.39, 0.29) is 12.2 Å². The van der Waals surface area contributed by atoms with Crippen LogP contribution in [0.15, 0.2) is 24.3 Å². The molecule has 23 heavy (non-hydrogen) atoms. The molecular formula is C16H21ClN2O4. The lowest BCUT2D eigenvalue weighted by Gasteiger charge is -2.29. The first-order valence-corrected chi connectivity index (χ1v) is 8.27. The molecular weight excluding hydrogens is 320 g/mol. The molecule has 0 saturated heterocycles. The number of hydrogen-bond acceptors (Lipinski definition) is 3. The van der Waals surface area contributed by atoms with Gasteiger partial charge in [-0.3, -0.25) is 10.1 Å². The third kappa shape index (κ3) is 5.10. The summed E-state index contributed by atoms with van der Waals surface area (Å²) in [5.41, 5.74) is 0.682. The molecule has 1 aromatic rings. The Morgan fingerprint density at radius 1 is 1.30 bits per heavy atom. The maximum Gasteiger partial charge on any atom is 0.407 e. The maximum absolute atomic E-state index is 11.5. The van der Waals surface area contributed by atoms with Crippen LogP contribution >= 0.6 is 11.6 Å². The third-order valence-electron chi connectivity index (χ3n) is 4.32. The van der Waals surface area contributed by atoms with Gasteiger partial charge in [0.1, 0.15) is 0 Å². The van der Waals surface area contributed by atoms with Crippen molar-refractivity contribution in [2.75, 3.05) is 13.1 Å². The summed E-state index contributed by atoms with van der Waals surface area (Å²) in [6, 6.07) is 5.93. The number of nitrogens with zero attached hydrogens (tertiary/aromatic N) is 2. The first-order chi connectivity index (χ1) is 11.0. The van der Waals surface area contributed by atoms with Gasteiger partial charge in [0.15, 0.2) is 0 Å². The van der Waals surface area contributed by atoms with Crippen molar-refractivity contribution in [1.82, 2.24) is 4.90 Å². The van der Waals surface area contributed by atoms with Gasteiger partial charge in [-0.1, -0.05) is 31.4 Å². The molecule has 2 rings (SSSR count). The Hall–Kier alpha value is -1.82. The van der Waals surface area contributed by atoms with Gasteiger partial charge in [-0.05, 0) is 24.3 Å². The highest BCUT2D eigenvalue weighted by molar-refractivity contribution is 6.21. The van der Waals surface area contributed by atoms with Gasteiger partial charge in [0.05, 0.1) is 10.3 Å². The molecule has 1 aliphatic carbocycles. The average molecular weight is 341 g/mol. The summed E-state index contributed by atoms with van der Waals surface area (Å²) < 4.78 is 0. The molecule has 1 N–H and O–H groups in total. The van der Waals surface area contributed by atoms with Crippen LogP contribution in [-0.4, -0.2) is 34.1 Å². The van der Waals surface area contributed by atoms with Crippen LogP contribution in [0.1, 0.15) is 43.0 Å². The van der Waals surface area contributed by atoms with Crippen LogP contribution < -0.4 is 0 Å². The second kappa shape index (κ2) is 8.15. The lowest BCUT2D eigenvalue weighted by molar-refractivity contribution is -0.384. The number of carbonyl (C=O) groups is 1. The number of nitro groups is 1. The highest BCUT2D eigenvalue weighted by Crippen LogP contribution is 2.27. The molecule has 0 heterocycles.